The van der Waals surface area contributed by atoms with E-state index < -0.39 is 17.7 Å². The quantitative estimate of drug-likeness (QED) is 0.792. The molecule has 1 atom stereocenters. The number of pyridine rings is 1. The summed E-state index contributed by atoms with van der Waals surface area (Å²) in [7, 11) is 1.31. The summed E-state index contributed by atoms with van der Waals surface area (Å²) in [5, 5.41) is 4.08. The van der Waals surface area contributed by atoms with E-state index in [1.165, 1.54) is 17.9 Å². The molecule has 0 fully saturated rings. The Morgan fingerprint density at radius 3 is 2.39 bits per heavy atom. The van der Waals surface area contributed by atoms with Crippen LogP contribution in [-0.2, 0) is 16.0 Å². The van der Waals surface area contributed by atoms with Gasteiger partial charge in [-0.15, -0.1) is 0 Å². The van der Waals surface area contributed by atoms with E-state index in [-0.39, 0.29) is 17.0 Å². The van der Waals surface area contributed by atoms with Gasteiger partial charge in [0.15, 0.2) is 5.65 Å². The number of methoxy groups -OCH3 is 1. The molecule has 0 aliphatic carbocycles. The third-order valence-corrected chi connectivity index (χ3v) is 4.67. The number of carbonyl (C=O) groups is 2. The molecule has 1 N–H and O–H groups in total. The van der Waals surface area contributed by atoms with E-state index in [4.69, 9.17) is 9.47 Å². The van der Waals surface area contributed by atoms with E-state index in [9.17, 15) is 9.59 Å². The molecule has 0 aliphatic heterocycles. The fourth-order valence-corrected chi connectivity index (χ4v) is 2.65. The van der Waals surface area contributed by atoms with Crippen molar-refractivity contribution in [1.82, 2.24) is 14.9 Å². The van der Waals surface area contributed by atoms with E-state index in [1.54, 1.807) is 27.0 Å². The number of carbonyl (C=O) groups excluding carboxylic acids is 2. The third kappa shape index (κ3) is 4.90. The van der Waals surface area contributed by atoms with Crippen molar-refractivity contribution in [1.29, 1.82) is 0 Å². The lowest BCUT2D eigenvalue weighted by Gasteiger charge is -2.28. The lowest BCUT2D eigenvalue weighted by Crippen LogP contribution is -2.37. The predicted octanol–water partition coefficient (Wildman–Crippen LogP) is 4.13. The number of esters is 1. The Balaban J connectivity index is 2.52. The second-order valence-corrected chi connectivity index (χ2v) is 9.02. The third-order valence-electron chi connectivity index (χ3n) is 4.67. The van der Waals surface area contributed by atoms with Gasteiger partial charge in [-0.3, -0.25) is 0 Å². The summed E-state index contributed by atoms with van der Waals surface area (Å²) < 4.78 is 11.6. The van der Waals surface area contributed by atoms with E-state index in [0.29, 0.717) is 17.6 Å². The maximum Gasteiger partial charge on any atom is 0.420 e. The molecular formula is C21H31N3O4. The van der Waals surface area contributed by atoms with E-state index in [0.717, 1.165) is 5.56 Å². The Labute approximate surface area is 166 Å². The molecule has 0 bridgehead atoms. The van der Waals surface area contributed by atoms with Gasteiger partial charge in [-0.1, -0.05) is 20.8 Å². The first-order chi connectivity index (χ1) is 12.8. The molecule has 28 heavy (non-hydrogen) atoms. The largest absolute Gasteiger partial charge is 0.465 e. The minimum Gasteiger partial charge on any atom is -0.465 e. The van der Waals surface area contributed by atoms with Crippen LogP contribution in [0.2, 0.25) is 0 Å². The summed E-state index contributed by atoms with van der Waals surface area (Å²) in [5.74, 6) is -0.523. The molecule has 7 nitrogen and oxygen atoms in total. The summed E-state index contributed by atoms with van der Waals surface area (Å²) in [4.78, 5) is 29.3. The smallest absolute Gasteiger partial charge is 0.420 e. The van der Waals surface area contributed by atoms with Gasteiger partial charge in [-0.2, -0.15) is 0 Å². The van der Waals surface area contributed by atoms with Gasteiger partial charge < -0.3 is 14.8 Å². The van der Waals surface area contributed by atoms with Gasteiger partial charge in [-0.05, 0) is 44.7 Å². The molecule has 2 aromatic rings. The van der Waals surface area contributed by atoms with Crippen molar-refractivity contribution in [2.75, 3.05) is 7.11 Å². The van der Waals surface area contributed by atoms with Crippen molar-refractivity contribution < 1.29 is 19.1 Å². The molecule has 0 aromatic carbocycles. The fraction of sp³-hybridized carbons (Fsp3) is 0.571. The van der Waals surface area contributed by atoms with Crippen LogP contribution in [0.15, 0.2) is 18.5 Å². The highest BCUT2D eigenvalue weighted by atomic mass is 16.6. The number of rotatable bonds is 4. The number of hydrogen-bond donors (Lipinski definition) is 1. The van der Waals surface area contributed by atoms with Gasteiger partial charge in [0.2, 0.25) is 0 Å². The molecule has 2 rings (SSSR count). The SMILES string of the molecule is COC(=O)c1cn(C(=O)OC(C)(C)C)c2nccc(CN[C@H](C)C(C)(C)C)c12. The molecule has 7 heteroatoms. The van der Waals surface area contributed by atoms with Crippen LogP contribution in [0.1, 0.15) is 64.4 Å². The van der Waals surface area contributed by atoms with Gasteiger partial charge in [0, 0.05) is 30.4 Å². The molecule has 0 aliphatic rings. The van der Waals surface area contributed by atoms with Crippen LogP contribution < -0.4 is 5.32 Å². The van der Waals surface area contributed by atoms with E-state index >= 15 is 0 Å². The highest BCUT2D eigenvalue weighted by Crippen LogP contribution is 2.26. The maximum atomic E-state index is 12.6. The zero-order valence-corrected chi connectivity index (χ0v) is 18.0. The Morgan fingerprint density at radius 2 is 1.86 bits per heavy atom. The molecule has 0 amide bonds. The van der Waals surface area contributed by atoms with Gasteiger partial charge >= 0.3 is 12.1 Å². The van der Waals surface area contributed by atoms with Crippen molar-refractivity contribution >= 4 is 23.1 Å². The van der Waals surface area contributed by atoms with E-state index in [2.05, 4.69) is 38.0 Å². The van der Waals surface area contributed by atoms with E-state index in [1.807, 2.05) is 6.07 Å². The number of fused-ring (bicyclic) bond motifs is 1. The average Bonchev–Trinajstić information content (AvgIpc) is 2.97. The highest BCUT2D eigenvalue weighted by Gasteiger charge is 2.26. The molecule has 0 spiro atoms. The maximum absolute atomic E-state index is 12.6. The molecule has 0 radical (unpaired) electrons. The Bertz CT molecular complexity index is 872. The summed E-state index contributed by atoms with van der Waals surface area (Å²) in [6.45, 7) is 14.5. The average molecular weight is 389 g/mol. The Kier molecular flexibility index (Phi) is 6.18. The molecule has 0 saturated heterocycles. The molecule has 0 saturated carbocycles. The monoisotopic (exact) mass is 389 g/mol. The second-order valence-electron chi connectivity index (χ2n) is 9.02. The summed E-state index contributed by atoms with van der Waals surface area (Å²) in [5.41, 5.74) is 0.943. The van der Waals surface area contributed by atoms with Gasteiger partial charge in [0.05, 0.1) is 12.7 Å². The Hall–Kier alpha value is -2.41. The Morgan fingerprint density at radius 1 is 1.21 bits per heavy atom. The summed E-state index contributed by atoms with van der Waals surface area (Å²) in [6.07, 6.45) is 2.48. The van der Waals surface area contributed by atoms with Crippen molar-refractivity contribution in [2.24, 2.45) is 5.41 Å². The number of nitrogens with zero attached hydrogens (tertiary/aromatic N) is 2. The van der Waals surface area contributed by atoms with Gasteiger partial charge in [0.1, 0.15) is 5.60 Å². The first-order valence-corrected chi connectivity index (χ1v) is 9.39. The molecule has 154 valence electrons. The minimum absolute atomic E-state index is 0.0831. The standard InChI is InChI=1S/C21H31N3O4/c1-13(20(2,3)4)23-11-14-9-10-22-17-16(14)15(18(25)27-8)12-24(17)19(26)28-21(5,6)7/h9-10,12-13,23H,11H2,1-8H3/t13-/m1/s1. The van der Waals surface area contributed by atoms with Crippen LogP contribution in [0, 0.1) is 5.41 Å². The summed E-state index contributed by atoms with van der Waals surface area (Å²) in [6, 6.07) is 2.08. The van der Waals surface area contributed by atoms with Gasteiger partial charge in [-0.25, -0.2) is 19.1 Å². The lowest BCUT2D eigenvalue weighted by atomic mass is 9.88. The molecule has 0 unspecified atom stereocenters. The minimum atomic E-state index is -0.666. The van der Waals surface area contributed by atoms with Crippen LogP contribution in [0.3, 0.4) is 0 Å². The fourth-order valence-electron chi connectivity index (χ4n) is 2.65. The molecule has 2 heterocycles. The van der Waals surface area contributed by atoms with Crippen molar-refractivity contribution in [3.63, 3.8) is 0 Å². The van der Waals surface area contributed by atoms with Crippen LogP contribution in [0.25, 0.3) is 11.0 Å². The second kappa shape index (κ2) is 7.91. The first kappa shape index (κ1) is 21.9. The van der Waals surface area contributed by atoms with Crippen LogP contribution in [0.4, 0.5) is 4.79 Å². The number of nitrogens with one attached hydrogen (secondary N) is 1. The summed E-state index contributed by atoms with van der Waals surface area (Å²) >= 11 is 0. The zero-order valence-electron chi connectivity index (χ0n) is 18.0. The first-order valence-electron chi connectivity index (χ1n) is 9.39. The number of ether oxygens (including phenoxy) is 2. The molecular weight excluding hydrogens is 358 g/mol. The van der Waals surface area contributed by atoms with Crippen LogP contribution in [-0.4, -0.2) is 40.4 Å². The van der Waals surface area contributed by atoms with Crippen molar-refractivity contribution in [2.45, 2.75) is 66.7 Å². The van der Waals surface area contributed by atoms with Crippen LogP contribution >= 0.6 is 0 Å². The zero-order chi connectivity index (χ0) is 21.3. The highest BCUT2D eigenvalue weighted by molar-refractivity contribution is 6.06. The number of aromatic nitrogens is 2. The predicted molar refractivity (Wildman–Crippen MR) is 108 cm³/mol. The molecule has 2 aromatic heterocycles. The topological polar surface area (TPSA) is 82.5 Å². The lowest BCUT2D eigenvalue weighted by molar-refractivity contribution is 0.0543. The van der Waals surface area contributed by atoms with Crippen molar-refractivity contribution in [3.8, 4) is 0 Å². The van der Waals surface area contributed by atoms with Crippen LogP contribution in [0.5, 0.6) is 0 Å². The normalized spacial score (nSPS) is 13.4. The van der Waals surface area contributed by atoms with Crippen molar-refractivity contribution in [3.05, 3.63) is 29.6 Å². The number of hydrogen-bond acceptors (Lipinski definition) is 6. The van der Waals surface area contributed by atoms with Gasteiger partial charge in [0.25, 0.3) is 0 Å².